The summed E-state index contributed by atoms with van der Waals surface area (Å²) in [5.41, 5.74) is 2.66. The van der Waals surface area contributed by atoms with Gasteiger partial charge in [0.2, 0.25) is 0 Å². The summed E-state index contributed by atoms with van der Waals surface area (Å²) in [7, 11) is 1.74. The number of hydrogen-bond donors (Lipinski definition) is 1. The molecule has 2 amide bonds. The van der Waals surface area contributed by atoms with Gasteiger partial charge in [-0.25, -0.2) is 9.78 Å². The van der Waals surface area contributed by atoms with Crippen molar-refractivity contribution in [3.63, 3.8) is 0 Å². The molecule has 0 atom stereocenters. The fourth-order valence-electron chi connectivity index (χ4n) is 4.21. The molecule has 1 N–H and O–H groups in total. The number of carbonyl (C=O) groups excluding carboxylic acids is 2. The third-order valence-corrected chi connectivity index (χ3v) is 7.23. The van der Waals surface area contributed by atoms with Gasteiger partial charge >= 0.3 is 6.09 Å². The Bertz CT molecular complexity index is 1540. The lowest BCUT2D eigenvalue weighted by molar-refractivity contribution is 0.0635. The maximum absolute atomic E-state index is 13.1. The molecule has 0 saturated carbocycles. The smallest absolute Gasteiger partial charge is 0.412 e. The Kier molecular flexibility index (Phi) is 8.42. The molecule has 0 fully saturated rings. The first-order valence-electron chi connectivity index (χ1n) is 12.7. The Hall–Kier alpha value is -3.30. The maximum atomic E-state index is 13.1. The number of hydrogen-bond acceptors (Lipinski definition) is 5. The van der Waals surface area contributed by atoms with Gasteiger partial charge in [-0.2, -0.15) is 0 Å². The van der Waals surface area contributed by atoms with Gasteiger partial charge in [-0.1, -0.05) is 36.7 Å². The molecule has 2 heterocycles. The van der Waals surface area contributed by atoms with Crippen molar-refractivity contribution in [1.29, 1.82) is 0 Å². The average molecular weight is 616 g/mol. The van der Waals surface area contributed by atoms with Crippen LogP contribution in [0.4, 0.5) is 10.5 Å². The SMILES string of the molecule is CCc1nc(Cl)c(C(=O)N(C)CC)n1Cc1ccc2oc(-c3ccccc3NC(=O)OC(C)(C)C)c(Br)c2c1. The maximum Gasteiger partial charge on any atom is 0.412 e. The van der Waals surface area contributed by atoms with Gasteiger partial charge in [0.25, 0.3) is 5.91 Å². The van der Waals surface area contributed by atoms with Crippen molar-refractivity contribution >= 4 is 56.2 Å². The van der Waals surface area contributed by atoms with Crippen molar-refractivity contribution in [3.8, 4) is 11.3 Å². The van der Waals surface area contributed by atoms with E-state index >= 15 is 0 Å². The summed E-state index contributed by atoms with van der Waals surface area (Å²) < 4.78 is 14.3. The average Bonchev–Trinajstić information content (AvgIpc) is 3.37. The molecule has 0 aliphatic heterocycles. The molecular weight excluding hydrogens is 584 g/mol. The van der Waals surface area contributed by atoms with Gasteiger partial charge in [0.1, 0.15) is 22.7 Å². The van der Waals surface area contributed by atoms with Gasteiger partial charge in [0, 0.05) is 37.5 Å². The van der Waals surface area contributed by atoms with E-state index in [1.54, 1.807) is 18.0 Å². The summed E-state index contributed by atoms with van der Waals surface area (Å²) in [5, 5.41) is 3.89. The molecule has 206 valence electrons. The molecule has 0 aliphatic carbocycles. The number of imidazole rings is 1. The van der Waals surface area contributed by atoms with E-state index in [1.807, 2.05) is 75.6 Å². The molecule has 8 nitrogen and oxygen atoms in total. The van der Waals surface area contributed by atoms with E-state index in [9.17, 15) is 9.59 Å². The number of para-hydroxylation sites is 1. The van der Waals surface area contributed by atoms with Crippen molar-refractivity contribution in [3.05, 3.63) is 69.2 Å². The number of rotatable bonds is 7. The molecule has 0 aliphatic rings. The number of amides is 2. The highest BCUT2D eigenvalue weighted by atomic mass is 79.9. The van der Waals surface area contributed by atoms with Crippen LogP contribution in [-0.2, 0) is 17.7 Å². The Morgan fingerprint density at radius 1 is 1.18 bits per heavy atom. The zero-order valence-electron chi connectivity index (χ0n) is 22.9. The molecule has 0 saturated heterocycles. The second-order valence-corrected chi connectivity index (χ2v) is 11.3. The lowest BCUT2D eigenvalue weighted by atomic mass is 10.1. The number of halogens is 2. The fraction of sp³-hybridized carbons (Fsp3) is 0.345. The minimum absolute atomic E-state index is 0.170. The van der Waals surface area contributed by atoms with Gasteiger partial charge in [-0.3, -0.25) is 10.1 Å². The predicted molar refractivity (Wildman–Crippen MR) is 158 cm³/mol. The summed E-state index contributed by atoms with van der Waals surface area (Å²) in [5.74, 6) is 1.15. The first kappa shape index (κ1) is 28.7. The van der Waals surface area contributed by atoms with Crippen LogP contribution in [0, 0.1) is 0 Å². The molecule has 2 aromatic heterocycles. The normalized spacial score (nSPS) is 11.6. The molecule has 2 aromatic carbocycles. The highest BCUT2D eigenvalue weighted by molar-refractivity contribution is 9.10. The van der Waals surface area contributed by atoms with Crippen molar-refractivity contribution in [2.24, 2.45) is 0 Å². The lowest BCUT2D eigenvalue weighted by Crippen LogP contribution is -2.29. The van der Waals surface area contributed by atoms with Crippen molar-refractivity contribution < 1.29 is 18.7 Å². The van der Waals surface area contributed by atoms with Crippen LogP contribution in [0.3, 0.4) is 0 Å². The minimum Gasteiger partial charge on any atom is -0.455 e. The number of ether oxygens (including phenoxy) is 1. The second-order valence-electron chi connectivity index (χ2n) is 10.2. The fourth-order valence-corrected chi connectivity index (χ4v) is 5.09. The predicted octanol–water partition coefficient (Wildman–Crippen LogP) is 7.76. The number of furan rings is 1. The number of fused-ring (bicyclic) bond motifs is 1. The highest BCUT2D eigenvalue weighted by Crippen LogP contribution is 2.41. The lowest BCUT2D eigenvalue weighted by Gasteiger charge is -2.20. The Labute approximate surface area is 241 Å². The Balaban J connectivity index is 1.71. The van der Waals surface area contributed by atoms with Crippen molar-refractivity contribution in [2.45, 2.75) is 53.2 Å². The highest BCUT2D eigenvalue weighted by Gasteiger charge is 2.25. The van der Waals surface area contributed by atoms with E-state index in [0.717, 1.165) is 21.2 Å². The number of aromatic nitrogens is 2. The van der Waals surface area contributed by atoms with Crippen LogP contribution in [0.25, 0.3) is 22.3 Å². The van der Waals surface area contributed by atoms with E-state index in [2.05, 4.69) is 26.2 Å². The summed E-state index contributed by atoms with van der Waals surface area (Å²) >= 11 is 10.1. The third kappa shape index (κ3) is 6.15. The molecule has 4 aromatic rings. The minimum atomic E-state index is -0.622. The number of anilines is 1. The topological polar surface area (TPSA) is 89.6 Å². The van der Waals surface area contributed by atoms with Gasteiger partial charge < -0.3 is 18.6 Å². The van der Waals surface area contributed by atoms with Crippen molar-refractivity contribution in [1.82, 2.24) is 14.5 Å². The zero-order valence-corrected chi connectivity index (χ0v) is 25.2. The number of carbonyl (C=O) groups is 2. The second kappa shape index (κ2) is 11.4. The van der Waals surface area contributed by atoms with Gasteiger partial charge in [-0.05, 0) is 73.5 Å². The quantitative estimate of drug-likeness (QED) is 0.229. The molecule has 0 radical (unpaired) electrons. The van der Waals surface area contributed by atoms with Crippen molar-refractivity contribution in [2.75, 3.05) is 18.9 Å². The zero-order chi connectivity index (χ0) is 28.5. The van der Waals surface area contributed by atoms with E-state index in [-0.39, 0.29) is 11.1 Å². The molecule has 0 spiro atoms. The summed E-state index contributed by atoms with van der Waals surface area (Å²) in [6.45, 7) is 10.3. The molecule has 4 rings (SSSR count). The third-order valence-electron chi connectivity index (χ3n) is 6.18. The van der Waals surface area contributed by atoms with Crippen LogP contribution in [-0.4, -0.2) is 45.6 Å². The van der Waals surface area contributed by atoms with E-state index < -0.39 is 11.7 Å². The van der Waals surface area contributed by atoms with Gasteiger partial charge in [0.05, 0.1) is 10.2 Å². The summed E-state index contributed by atoms with van der Waals surface area (Å²) in [4.78, 5) is 31.6. The van der Waals surface area contributed by atoms with Crippen LogP contribution in [0.2, 0.25) is 5.15 Å². The van der Waals surface area contributed by atoms with Crippen LogP contribution in [0.5, 0.6) is 0 Å². The van der Waals surface area contributed by atoms with Crippen LogP contribution in [0.15, 0.2) is 51.4 Å². The summed E-state index contributed by atoms with van der Waals surface area (Å²) in [6, 6.07) is 13.2. The number of nitrogens with one attached hydrogen (secondary N) is 1. The first-order chi connectivity index (χ1) is 18.4. The van der Waals surface area contributed by atoms with Crippen LogP contribution >= 0.6 is 27.5 Å². The van der Waals surface area contributed by atoms with Gasteiger partial charge in [0.15, 0.2) is 10.9 Å². The largest absolute Gasteiger partial charge is 0.455 e. The molecule has 10 heteroatoms. The first-order valence-corrected chi connectivity index (χ1v) is 13.9. The van der Waals surface area contributed by atoms with E-state index in [0.29, 0.717) is 47.8 Å². The van der Waals surface area contributed by atoms with Gasteiger partial charge in [-0.15, -0.1) is 0 Å². The summed E-state index contributed by atoms with van der Waals surface area (Å²) in [6.07, 6.45) is 0.0840. The molecular formula is C29H32BrClN4O4. The van der Waals surface area contributed by atoms with Crippen LogP contribution < -0.4 is 5.32 Å². The Morgan fingerprint density at radius 3 is 2.56 bits per heavy atom. The standard InChI is InChI=1S/C29H32BrClN4O4/c1-7-22-33-26(31)24(27(36)34(6)8-2)35(22)16-17-13-14-21-19(15-17)23(30)25(38-21)18-11-9-10-12-20(18)32-28(37)39-29(3,4)5/h9-15H,7-8,16H2,1-6H3,(H,32,37). The molecule has 0 bridgehead atoms. The van der Waals surface area contributed by atoms with E-state index in [4.69, 9.17) is 20.8 Å². The van der Waals surface area contributed by atoms with E-state index in [1.165, 1.54) is 0 Å². The number of nitrogens with zero attached hydrogens (tertiary/aromatic N) is 3. The molecule has 0 unspecified atom stereocenters. The number of aryl methyl sites for hydroxylation is 1. The Morgan fingerprint density at radius 2 is 1.90 bits per heavy atom. The number of benzene rings is 2. The van der Waals surface area contributed by atoms with Crippen LogP contribution in [0.1, 0.15) is 56.5 Å². The monoisotopic (exact) mass is 614 g/mol. The molecule has 39 heavy (non-hydrogen) atoms.